The van der Waals surface area contributed by atoms with Crippen molar-refractivity contribution in [1.82, 2.24) is 20.4 Å². The molecule has 42 heavy (non-hydrogen) atoms. The van der Waals surface area contributed by atoms with Crippen LogP contribution in [-0.4, -0.2) is 71.2 Å². The second-order valence-corrected chi connectivity index (χ2v) is 11.7. The Balaban J connectivity index is 1.79. The van der Waals surface area contributed by atoms with Gasteiger partial charge in [-0.3, -0.25) is 19.7 Å². The molecule has 1 aromatic heterocycles. The highest BCUT2D eigenvalue weighted by Gasteiger charge is 2.59. The molecule has 4 unspecified atom stereocenters. The van der Waals surface area contributed by atoms with Gasteiger partial charge < -0.3 is 20.4 Å². The molecule has 2 aliphatic heterocycles. The van der Waals surface area contributed by atoms with Gasteiger partial charge >= 0.3 is 6.03 Å². The number of aryl methyl sites for hydroxylation is 2. The number of Topliss-reactive ketones (excluding diaryl/α,β-unsaturated/α-hetero) is 1. The number of thiophene rings is 1. The van der Waals surface area contributed by atoms with Crippen molar-refractivity contribution in [2.45, 2.75) is 38.8 Å². The summed E-state index contributed by atoms with van der Waals surface area (Å²) in [5, 5.41) is 19.9. The van der Waals surface area contributed by atoms with Crippen LogP contribution in [0.3, 0.4) is 0 Å². The van der Waals surface area contributed by atoms with E-state index in [1.54, 1.807) is 36.1 Å². The first-order valence-electron chi connectivity index (χ1n) is 14.2. The standard InChI is InChI=1S/C31H35N5O5S/c1-4-33-31(39)35-26(21-9-7-10-22(18-21)36(40)41)24(28(37)23-11-6-5-8-19(23)2)25(29-20(3)12-17-42-29)27(35)30(38)34-15-13-32-14-16-34/h5-12,17-18,24-27,32H,4,13-16H2,1-3H3,(H,33,39). The fourth-order valence-corrected chi connectivity index (χ4v) is 7.42. The van der Waals surface area contributed by atoms with Crippen LogP contribution in [0.25, 0.3) is 0 Å². The molecule has 2 aliphatic rings. The average Bonchev–Trinajstić information content (AvgIpc) is 3.58. The number of ketones is 1. The third-order valence-corrected chi connectivity index (χ3v) is 9.37. The van der Waals surface area contributed by atoms with E-state index in [0.29, 0.717) is 43.9 Å². The average molecular weight is 590 g/mol. The lowest BCUT2D eigenvalue weighted by Crippen LogP contribution is -2.56. The Morgan fingerprint density at radius 1 is 1.05 bits per heavy atom. The lowest BCUT2D eigenvalue weighted by atomic mass is 9.77. The zero-order valence-corrected chi connectivity index (χ0v) is 24.7. The van der Waals surface area contributed by atoms with E-state index in [9.17, 15) is 24.5 Å². The van der Waals surface area contributed by atoms with Crippen molar-refractivity contribution < 1.29 is 19.3 Å². The lowest BCUT2D eigenvalue weighted by Gasteiger charge is -2.36. The van der Waals surface area contributed by atoms with Gasteiger partial charge in [0.1, 0.15) is 6.04 Å². The van der Waals surface area contributed by atoms with Crippen LogP contribution in [0.5, 0.6) is 0 Å². The zero-order valence-electron chi connectivity index (χ0n) is 23.9. The predicted molar refractivity (Wildman–Crippen MR) is 161 cm³/mol. The van der Waals surface area contributed by atoms with Crippen molar-refractivity contribution in [3.8, 4) is 0 Å². The molecular formula is C31H35N5O5S. The molecule has 0 bridgehead atoms. The summed E-state index contributed by atoms with van der Waals surface area (Å²) in [5.41, 5.74) is 2.51. The summed E-state index contributed by atoms with van der Waals surface area (Å²) < 4.78 is 0. The van der Waals surface area contributed by atoms with Crippen LogP contribution in [0, 0.1) is 29.9 Å². The Morgan fingerprint density at radius 3 is 2.43 bits per heavy atom. The highest BCUT2D eigenvalue weighted by molar-refractivity contribution is 7.10. The number of amides is 3. The third-order valence-electron chi connectivity index (χ3n) is 8.25. The highest BCUT2D eigenvalue weighted by atomic mass is 32.1. The fourth-order valence-electron chi connectivity index (χ4n) is 6.31. The van der Waals surface area contributed by atoms with Crippen molar-refractivity contribution in [3.63, 3.8) is 0 Å². The summed E-state index contributed by atoms with van der Waals surface area (Å²) in [4.78, 5) is 58.7. The molecule has 11 heteroatoms. The second-order valence-electron chi connectivity index (χ2n) is 10.8. The minimum Gasteiger partial charge on any atom is -0.338 e. The van der Waals surface area contributed by atoms with Crippen molar-refractivity contribution in [3.05, 3.63) is 97.2 Å². The number of rotatable bonds is 7. The monoisotopic (exact) mass is 589 g/mol. The molecule has 3 heterocycles. The number of nitrogens with one attached hydrogen (secondary N) is 2. The van der Waals surface area contributed by atoms with Gasteiger partial charge in [-0.15, -0.1) is 11.3 Å². The SMILES string of the molecule is CCNC(=O)N1C(C(=O)N2CCNCC2)C(c2sccc2C)C(C(=O)c2ccccc2C)C1c1cccc([N+](=O)[O-])c1. The summed E-state index contributed by atoms with van der Waals surface area (Å²) in [7, 11) is 0. The Hall–Kier alpha value is -4.09. The maximum Gasteiger partial charge on any atom is 0.318 e. The molecule has 2 fully saturated rings. The fraction of sp³-hybridized carbons (Fsp3) is 0.387. The smallest absolute Gasteiger partial charge is 0.318 e. The molecule has 220 valence electrons. The first-order valence-corrected chi connectivity index (χ1v) is 15.1. The number of piperazine rings is 1. The Kier molecular flexibility index (Phi) is 8.69. The molecule has 10 nitrogen and oxygen atoms in total. The second kappa shape index (κ2) is 12.4. The number of hydrogen-bond acceptors (Lipinski definition) is 7. The number of nitro groups is 1. The topological polar surface area (TPSA) is 125 Å². The summed E-state index contributed by atoms with van der Waals surface area (Å²) in [5.74, 6) is -1.96. The largest absolute Gasteiger partial charge is 0.338 e. The van der Waals surface area contributed by atoms with E-state index in [2.05, 4.69) is 10.6 Å². The summed E-state index contributed by atoms with van der Waals surface area (Å²) in [6.07, 6.45) is 0. The van der Waals surface area contributed by atoms with Crippen LogP contribution in [0.1, 0.15) is 50.8 Å². The van der Waals surface area contributed by atoms with Gasteiger partial charge in [0, 0.05) is 61.2 Å². The summed E-state index contributed by atoms with van der Waals surface area (Å²) in [6, 6.07) is 12.9. The first-order chi connectivity index (χ1) is 20.2. The number of likely N-dealkylation sites (tertiary alicyclic amines) is 1. The van der Waals surface area contributed by atoms with E-state index in [1.165, 1.54) is 28.4 Å². The van der Waals surface area contributed by atoms with Crippen molar-refractivity contribution in [2.24, 2.45) is 5.92 Å². The van der Waals surface area contributed by atoms with Crippen molar-refractivity contribution >= 4 is 34.7 Å². The summed E-state index contributed by atoms with van der Waals surface area (Å²) >= 11 is 1.47. The number of nitro benzene ring substituents is 1. The number of non-ortho nitro benzene ring substituents is 1. The molecule has 3 amide bonds. The van der Waals surface area contributed by atoms with Crippen LogP contribution in [0.2, 0.25) is 0 Å². The number of carbonyl (C=O) groups is 3. The predicted octanol–water partition coefficient (Wildman–Crippen LogP) is 4.44. The minimum absolute atomic E-state index is 0.147. The third kappa shape index (κ3) is 5.41. The maximum atomic E-state index is 14.7. The number of benzene rings is 2. The van der Waals surface area contributed by atoms with Crippen molar-refractivity contribution in [2.75, 3.05) is 32.7 Å². The van der Waals surface area contributed by atoms with Gasteiger partial charge in [0.2, 0.25) is 5.91 Å². The van der Waals surface area contributed by atoms with Gasteiger partial charge in [0.25, 0.3) is 5.69 Å². The Labute approximate surface area is 248 Å². The van der Waals surface area contributed by atoms with Gasteiger partial charge in [-0.1, -0.05) is 36.4 Å². The van der Waals surface area contributed by atoms with Gasteiger partial charge in [-0.2, -0.15) is 0 Å². The quantitative estimate of drug-likeness (QED) is 0.239. The maximum absolute atomic E-state index is 14.7. The molecule has 0 aliphatic carbocycles. The highest BCUT2D eigenvalue weighted by Crippen LogP contribution is 2.53. The van der Waals surface area contributed by atoms with Crippen LogP contribution in [-0.2, 0) is 4.79 Å². The van der Waals surface area contributed by atoms with Crippen LogP contribution < -0.4 is 10.6 Å². The Morgan fingerprint density at radius 2 is 1.79 bits per heavy atom. The molecule has 0 radical (unpaired) electrons. The lowest BCUT2D eigenvalue weighted by molar-refractivity contribution is -0.385. The van der Waals surface area contributed by atoms with Gasteiger partial charge in [-0.25, -0.2) is 4.79 Å². The molecule has 5 rings (SSSR count). The van der Waals surface area contributed by atoms with Gasteiger partial charge in [-0.05, 0) is 48.9 Å². The van der Waals surface area contributed by atoms with Gasteiger partial charge in [0.15, 0.2) is 5.78 Å². The van der Waals surface area contributed by atoms with Gasteiger partial charge in [0.05, 0.1) is 16.9 Å². The molecule has 4 atom stereocenters. The molecule has 0 saturated carbocycles. The number of carbonyl (C=O) groups excluding carboxylic acids is 3. The summed E-state index contributed by atoms with van der Waals surface area (Å²) in [6.45, 7) is 8.13. The minimum atomic E-state index is -0.991. The molecule has 0 spiro atoms. The van der Waals surface area contributed by atoms with E-state index in [4.69, 9.17) is 0 Å². The molecule has 2 aromatic carbocycles. The molecular weight excluding hydrogens is 554 g/mol. The normalized spacial score (nSPS) is 22.2. The van der Waals surface area contributed by atoms with Crippen LogP contribution >= 0.6 is 11.3 Å². The Bertz CT molecular complexity index is 1500. The number of nitrogens with zero attached hydrogens (tertiary/aromatic N) is 3. The van der Waals surface area contributed by atoms with E-state index < -0.39 is 34.9 Å². The zero-order chi connectivity index (χ0) is 30.0. The molecule has 2 N–H and O–H groups in total. The van der Waals surface area contributed by atoms with Crippen LogP contribution in [0.4, 0.5) is 10.5 Å². The number of hydrogen-bond donors (Lipinski definition) is 2. The van der Waals surface area contributed by atoms with E-state index >= 15 is 0 Å². The van der Waals surface area contributed by atoms with Crippen LogP contribution in [0.15, 0.2) is 60.0 Å². The number of urea groups is 1. The van der Waals surface area contributed by atoms with E-state index in [-0.39, 0.29) is 17.4 Å². The first kappa shape index (κ1) is 29.4. The molecule has 2 saturated heterocycles. The van der Waals surface area contributed by atoms with E-state index in [1.807, 2.05) is 37.4 Å². The van der Waals surface area contributed by atoms with E-state index in [0.717, 1.165) is 16.0 Å². The van der Waals surface area contributed by atoms with Crippen molar-refractivity contribution in [1.29, 1.82) is 0 Å². The molecule has 3 aromatic rings.